The van der Waals surface area contributed by atoms with E-state index in [1.54, 1.807) is 14.2 Å². The molecule has 0 atom stereocenters. The molecule has 0 N–H and O–H groups in total. The molecule has 0 spiro atoms. The molecular weight excluding hydrogens is 328 g/mol. The third-order valence-corrected chi connectivity index (χ3v) is 4.69. The molecule has 0 amide bonds. The van der Waals surface area contributed by atoms with Gasteiger partial charge in [0.25, 0.3) is 0 Å². The van der Waals surface area contributed by atoms with Crippen LogP contribution in [-0.4, -0.2) is 53.3 Å². The van der Waals surface area contributed by atoms with Crippen LogP contribution in [0.2, 0.25) is 0 Å². The lowest BCUT2D eigenvalue weighted by Crippen LogP contribution is -2.27. The lowest BCUT2D eigenvalue weighted by Gasteiger charge is -2.19. The second kappa shape index (κ2) is 8.19. The topological polar surface area (TPSA) is 52.4 Å². The maximum atomic E-state index is 5.60. The summed E-state index contributed by atoms with van der Waals surface area (Å²) in [4.78, 5) is 11.8. The molecule has 138 valence electrons. The van der Waals surface area contributed by atoms with Gasteiger partial charge in [0.2, 0.25) is 0 Å². The Hall–Kier alpha value is -2.60. The van der Waals surface area contributed by atoms with E-state index in [2.05, 4.69) is 28.3 Å². The summed E-state index contributed by atoms with van der Waals surface area (Å²) in [5.41, 5.74) is 2.72. The molecule has 2 heterocycles. The molecule has 0 saturated heterocycles. The minimum Gasteiger partial charge on any atom is -0.497 e. The van der Waals surface area contributed by atoms with Gasteiger partial charge in [0.1, 0.15) is 22.8 Å². The summed E-state index contributed by atoms with van der Waals surface area (Å²) in [7, 11) is 3.32. The molecule has 0 unspecified atom stereocenters. The Kier molecular flexibility index (Phi) is 5.73. The Labute approximate surface area is 154 Å². The molecule has 6 nitrogen and oxygen atoms in total. The van der Waals surface area contributed by atoms with E-state index >= 15 is 0 Å². The summed E-state index contributed by atoms with van der Waals surface area (Å²) in [6.07, 6.45) is 1.81. The number of fused-ring (bicyclic) bond motifs is 1. The Bertz CT molecular complexity index is 871. The predicted molar refractivity (Wildman–Crippen MR) is 104 cm³/mol. The zero-order valence-electron chi connectivity index (χ0n) is 15.9. The van der Waals surface area contributed by atoms with Gasteiger partial charge < -0.3 is 18.9 Å². The maximum absolute atomic E-state index is 5.60. The summed E-state index contributed by atoms with van der Waals surface area (Å²) in [6.45, 7) is 8.18. The minimum atomic E-state index is 0.740. The molecule has 3 rings (SSSR count). The largest absolute Gasteiger partial charge is 0.497 e. The summed E-state index contributed by atoms with van der Waals surface area (Å²) in [6, 6.07) is 9.72. The summed E-state index contributed by atoms with van der Waals surface area (Å²) >= 11 is 0. The van der Waals surface area contributed by atoms with Crippen LogP contribution in [0.4, 0.5) is 0 Å². The summed E-state index contributed by atoms with van der Waals surface area (Å²) < 4.78 is 13.1. The quantitative estimate of drug-likeness (QED) is 0.620. The number of methoxy groups -OCH3 is 2. The van der Waals surface area contributed by atoms with Gasteiger partial charge in [-0.2, -0.15) is 0 Å². The number of hydrogen-bond acceptors (Lipinski definition) is 5. The second-order valence-corrected chi connectivity index (χ2v) is 6.03. The number of benzene rings is 1. The molecule has 26 heavy (non-hydrogen) atoms. The van der Waals surface area contributed by atoms with Crippen molar-refractivity contribution < 1.29 is 9.47 Å². The van der Waals surface area contributed by atoms with Crippen molar-refractivity contribution in [3.05, 3.63) is 36.5 Å². The highest BCUT2D eigenvalue weighted by Crippen LogP contribution is 2.34. The molecule has 0 aliphatic rings. The normalized spacial score (nSPS) is 11.3. The molecule has 0 fully saturated rings. The molecular formula is C20H26N4O2. The number of likely N-dealkylation sites (N-methyl/N-ethyl adjacent to an activating group) is 1. The van der Waals surface area contributed by atoms with Crippen LogP contribution in [0.15, 0.2) is 36.5 Å². The summed E-state index contributed by atoms with van der Waals surface area (Å²) in [5, 5.41) is 0. The van der Waals surface area contributed by atoms with Crippen LogP contribution in [0, 0.1) is 0 Å². The average molecular weight is 354 g/mol. The fourth-order valence-electron chi connectivity index (χ4n) is 3.14. The number of hydrogen-bond donors (Lipinski definition) is 0. The van der Waals surface area contributed by atoms with E-state index in [0.29, 0.717) is 0 Å². The minimum absolute atomic E-state index is 0.740. The van der Waals surface area contributed by atoms with Crippen molar-refractivity contribution in [3.8, 4) is 22.9 Å². The van der Waals surface area contributed by atoms with Crippen molar-refractivity contribution in [1.29, 1.82) is 0 Å². The molecule has 0 aliphatic heterocycles. The molecule has 3 aromatic rings. The number of rotatable bonds is 8. The van der Waals surface area contributed by atoms with Gasteiger partial charge in [-0.25, -0.2) is 9.97 Å². The molecule has 2 aromatic heterocycles. The monoisotopic (exact) mass is 354 g/mol. The van der Waals surface area contributed by atoms with Gasteiger partial charge in [-0.05, 0) is 37.4 Å². The van der Waals surface area contributed by atoms with Crippen molar-refractivity contribution in [2.75, 3.05) is 33.9 Å². The first-order valence-corrected chi connectivity index (χ1v) is 8.97. The summed E-state index contributed by atoms with van der Waals surface area (Å²) in [5.74, 6) is 2.36. The SMILES string of the molecule is CCN(CC)CCn1c(-c2ccc(OC)cc2OC)nc2cccnc21. The standard InChI is InChI=1S/C20H26N4O2/c1-5-23(6-2)12-13-24-19(22-17-8-7-11-21-20(17)24)16-10-9-15(25-3)14-18(16)26-4/h7-11,14H,5-6,12-13H2,1-4H3. The highest BCUT2D eigenvalue weighted by atomic mass is 16.5. The Morgan fingerprint density at radius 1 is 1.08 bits per heavy atom. The van der Waals surface area contributed by atoms with Crippen LogP contribution < -0.4 is 9.47 Å². The molecule has 6 heteroatoms. The first-order valence-electron chi connectivity index (χ1n) is 8.97. The van der Waals surface area contributed by atoms with Crippen LogP contribution in [0.1, 0.15) is 13.8 Å². The Morgan fingerprint density at radius 2 is 1.88 bits per heavy atom. The number of ether oxygens (including phenoxy) is 2. The van der Waals surface area contributed by atoms with Gasteiger partial charge in [0.05, 0.1) is 19.8 Å². The highest BCUT2D eigenvalue weighted by Gasteiger charge is 2.18. The molecule has 0 aliphatic carbocycles. The molecule has 0 radical (unpaired) electrons. The van der Waals surface area contributed by atoms with Gasteiger partial charge in [-0.1, -0.05) is 13.8 Å². The van der Waals surface area contributed by atoms with Crippen LogP contribution in [0.5, 0.6) is 11.5 Å². The van der Waals surface area contributed by atoms with Gasteiger partial charge in [0.15, 0.2) is 5.65 Å². The van der Waals surface area contributed by atoms with Crippen molar-refractivity contribution >= 4 is 11.2 Å². The second-order valence-electron chi connectivity index (χ2n) is 6.03. The first kappa shape index (κ1) is 18.2. The van der Waals surface area contributed by atoms with E-state index in [4.69, 9.17) is 14.5 Å². The van der Waals surface area contributed by atoms with Crippen molar-refractivity contribution in [2.24, 2.45) is 0 Å². The van der Waals surface area contributed by atoms with Gasteiger partial charge >= 0.3 is 0 Å². The zero-order chi connectivity index (χ0) is 18.5. The van der Waals surface area contributed by atoms with Crippen molar-refractivity contribution in [1.82, 2.24) is 19.4 Å². The highest BCUT2D eigenvalue weighted by molar-refractivity contribution is 5.79. The van der Waals surface area contributed by atoms with Crippen LogP contribution in [0.25, 0.3) is 22.6 Å². The molecule has 0 bridgehead atoms. The zero-order valence-corrected chi connectivity index (χ0v) is 15.9. The van der Waals surface area contributed by atoms with E-state index in [0.717, 1.165) is 60.2 Å². The Balaban J connectivity index is 2.09. The average Bonchev–Trinajstić information content (AvgIpc) is 3.06. The van der Waals surface area contributed by atoms with E-state index < -0.39 is 0 Å². The maximum Gasteiger partial charge on any atom is 0.160 e. The van der Waals surface area contributed by atoms with Crippen molar-refractivity contribution in [2.45, 2.75) is 20.4 Å². The van der Waals surface area contributed by atoms with E-state index in [9.17, 15) is 0 Å². The molecule has 1 aromatic carbocycles. The fourth-order valence-corrected chi connectivity index (χ4v) is 3.14. The van der Waals surface area contributed by atoms with E-state index in [1.807, 2.05) is 36.5 Å². The number of pyridine rings is 1. The smallest absolute Gasteiger partial charge is 0.160 e. The van der Waals surface area contributed by atoms with Crippen LogP contribution >= 0.6 is 0 Å². The lowest BCUT2D eigenvalue weighted by molar-refractivity contribution is 0.292. The lowest BCUT2D eigenvalue weighted by atomic mass is 10.1. The number of imidazole rings is 1. The number of aromatic nitrogens is 3. The van der Waals surface area contributed by atoms with Crippen molar-refractivity contribution in [3.63, 3.8) is 0 Å². The fraction of sp³-hybridized carbons (Fsp3) is 0.400. The van der Waals surface area contributed by atoms with Gasteiger partial charge in [-0.3, -0.25) is 0 Å². The van der Waals surface area contributed by atoms with Crippen LogP contribution in [-0.2, 0) is 6.54 Å². The third-order valence-electron chi connectivity index (χ3n) is 4.69. The van der Waals surface area contributed by atoms with E-state index in [-0.39, 0.29) is 0 Å². The molecule has 0 saturated carbocycles. The Morgan fingerprint density at radius 3 is 2.58 bits per heavy atom. The van der Waals surface area contributed by atoms with E-state index in [1.165, 1.54) is 0 Å². The number of nitrogens with zero attached hydrogens (tertiary/aromatic N) is 4. The predicted octanol–water partition coefficient (Wildman–Crippen LogP) is 3.46. The van der Waals surface area contributed by atoms with Gasteiger partial charge in [-0.15, -0.1) is 0 Å². The van der Waals surface area contributed by atoms with Crippen LogP contribution in [0.3, 0.4) is 0 Å². The van der Waals surface area contributed by atoms with Gasteiger partial charge in [0, 0.05) is 25.4 Å². The third kappa shape index (κ3) is 3.51. The first-order chi connectivity index (χ1) is 12.7.